The molecule has 4 amide bonds. The zero-order valence-corrected chi connectivity index (χ0v) is 21.0. The van der Waals surface area contributed by atoms with Crippen molar-refractivity contribution in [2.75, 3.05) is 33.4 Å². The lowest BCUT2D eigenvalue weighted by Gasteiger charge is -2.34. The van der Waals surface area contributed by atoms with Crippen LogP contribution < -0.4 is 15.4 Å². The Labute approximate surface area is 211 Å². The number of hydrogen-bond acceptors (Lipinski definition) is 5. The van der Waals surface area contributed by atoms with Crippen LogP contribution in [-0.2, 0) is 14.3 Å². The van der Waals surface area contributed by atoms with E-state index in [0.717, 1.165) is 5.56 Å². The summed E-state index contributed by atoms with van der Waals surface area (Å²) < 4.78 is 11.0. The van der Waals surface area contributed by atoms with Gasteiger partial charge in [-0.15, -0.1) is 0 Å². The zero-order chi connectivity index (χ0) is 25.9. The smallest absolute Gasteiger partial charge is 0.322 e. The summed E-state index contributed by atoms with van der Waals surface area (Å²) in [7, 11) is 1.56. The fraction of sp³-hybridized carbons (Fsp3) is 0.370. The minimum Gasteiger partial charge on any atom is -0.457 e. The van der Waals surface area contributed by atoms with Crippen LogP contribution in [-0.4, -0.2) is 66.5 Å². The molecule has 2 aromatic rings. The highest BCUT2D eigenvalue weighted by Crippen LogP contribution is 2.39. The van der Waals surface area contributed by atoms with Crippen molar-refractivity contribution in [3.8, 4) is 11.5 Å². The molecule has 190 valence electrons. The number of carbonyl (C=O) groups excluding carboxylic acids is 3. The van der Waals surface area contributed by atoms with Gasteiger partial charge in [-0.1, -0.05) is 30.3 Å². The second-order valence-electron chi connectivity index (χ2n) is 9.17. The van der Waals surface area contributed by atoms with Gasteiger partial charge in [-0.2, -0.15) is 0 Å². The van der Waals surface area contributed by atoms with Crippen molar-refractivity contribution in [3.63, 3.8) is 0 Å². The van der Waals surface area contributed by atoms with E-state index < -0.39 is 11.6 Å². The van der Waals surface area contributed by atoms with Gasteiger partial charge in [-0.3, -0.25) is 14.5 Å². The molecule has 0 saturated heterocycles. The zero-order valence-electron chi connectivity index (χ0n) is 21.0. The van der Waals surface area contributed by atoms with Crippen LogP contribution in [0.4, 0.5) is 4.79 Å². The van der Waals surface area contributed by atoms with Gasteiger partial charge in [0.25, 0.3) is 5.91 Å². The molecule has 0 unspecified atom stereocenters. The van der Waals surface area contributed by atoms with Crippen molar-refractivity contribution in [1.29, 1.82) is 0 Å². The number of likely N-dealkylation sites (N-methyl/N-ethyl adjacent to an activating group) is 1. The molecule has 2 aliphatic rings. The third-order valence-corrected chi connectivity index (χ3v) is 6.53. The predicted octanol–water partition coefficient (Wildman–Crippen LogP) is 3.20. The molecular formula is C27H32N4O5. The first-order valence-electron chi connectivity index (χ1n) is 12.0. The molecule has 0 aliphatic carbocycles. The molecule has 1 atom stereocenters. The summed E-state index contributed by atoms with van der Waals surface area (Å²) >= 11 is 0. The van der Waals surface area contributed by atoms with Gasteiger partial charge in [-0.05, 0) is 50.6 Å². The first-order valence-corrected chi connectivity index (χ1v) is 12.0. The van der Waals surface area contributed by atoms with Crippen LogP contribution in [0.25, 0.3) is 0 Å². The lowest BCUT2D eigenvalue weighted by Crippen LogP contribution is -2.56. The highest BCUT2D eigenvalue weighted by Gasteiger charge is 2.49. The predicted molar refractivity (Wildman–Crippen MR) is 134 cm³/mol. The molecule has 0 spiro atoms. The van der Waals surface area contributed by atoms with Gasteiger partial charge in [0.1, 0.15) is 17.0 Å². The maximum atomic E-state index is 13.8. The lowest BCUT2D eigenvalue weighted by atomic mass is 9.95. The van der Waals surface area contributed by atoms with Crippen molar-refractivity contribution in [2.24, 2.45) is 0 Å². The van der Waals surface area contributed by atoms with Crippen LogP contribution >= 0.6 is 0 Å². The number of urea groups is 1. The van der Waals surface area contributed by atoms with Crippen molar-refractivity contribution < 1.29 is 23.9 Å². The second-order valence-corrected chi connectivity index (χ2v) is 9.17. The van der Waals surface area contributed by atoms with E-state index in [0.29, 0.717) is 42.5 Å². The van der Waals surface area contributed by atoms with Crippen LogP contribution in [0.2, 0.25) is 0 Å². The van der Waals surface area contributed by atoms with Crippen molar-refractivity contribution in [1.82, 2.24) is 20.4 Å². The number of amides is 4. The van der Waals surface area contributed by atoms with E-state index in [1.165, 1.54) is 4.90 Å². The summed E-state index contributed by atoms with van der Waals surface area (Å²) in [4.78, 5) is 42.9. The Hall–Kier alpha value is -3.85. The van der Waals surface area contributed by atoms with Gasteiger partial charge in [0.15, 0.2) is 0 Å². The first-order chi connectivity index (χ1) is 17.3. The van der Waals surface area contributed by atoms with Crippen molar-refractivity contribution in [3.05, 3.63) is 71.4 Å². The van der Waals surface area contributed by atoms with Crippen LogP contribution in [0.3, 0.4) is 0 Å². The highest BCUT2D eigenvalue weighted by atomic mass is 16.5. The Morgan fingerprint density at radius 3 is 2.53 bits per heavy atom. The number of nitrogens with zero attached hydrogens (tertiary/aromatic N) is 2. The van der Waals surface area contributed by atoms with E-state index in [4.69, 9.17) is 9.47 Å². The van der Waals surface area contributed by atoms with Gasteiger partial charge < -0.3 is 25.0 Å². The standard InChI is InChI=1S/C27H32N4O5/c1-5-30-21-17-31(27(2,3)25(33)28-14-15-35-4)24(32)22(21)23(29-26(30)34)18-10-9-13-20(16-18)36-19-11-7-6-8-12-19/h6-13,16,23H,5,14-15,17H2,1-4H3,(H,28,33)(H,29,34)/t23-/m0/s1. The van der Waals surface area contributed by atoms with Crippen LogP contribution in [0.5, 0.6) is 11.5 Å². The van der Waals surface area contributed by atoms with E-state index in [2.05, 4.69) is 10.6 Å². The molecule has 36 heavy (non-hydrogen) atoms. The molecular weight excluding hydrogens is 460 g/mol. The Balaban J connectivity index is 1.65. The SMILES string of the molecule is CCN1C(=O)N[C@@H](c2cccc(Oc3ccccc3)c2)C2=C1CN(C(C)(C)C(=O)NCCOC)C2=O. The molecule has 0 aromatic heterocycles. The molecule has 2 aliphatic heterocycles. The van der Waals surface area contributed by atoms with E-state index in [-0.39, 0.29) is 24.4 Å². The fourth-order valence-electron chi connectivity index (χ4n) is 4.52. The average molecular weight is 493 g/mol. The summed E-state index contributed by atoms with van der Waals surface area (Å²) in [6.07, 6.45) is 0. The van der Waals surface area contributed by atoms with E-state index in [9.17, 15) is 14.4 Å². The number of hydrogen-bond donors (Lipinski definition) is 2. The highest BCUT2D eigenvalue weighted by molar-refractivity contribution is 6.04. The summed E-state index contributed by atoms with van der Waals surface area (Å²) in [6, 6.07) is 15.8. The summed E-state index contributed by atoms with van der Waals surface area (Å²) in [5.74, 6) is 0.705. The van der Waals surface area contributed by atoms with E-state index >= 15 is 0 Å². The number of rotatable bonds is 9. The molecule has 0 saturated carbocycles. The Morgan fingerprint density at radius 1 is 1.11 bits per heavy atom. The fourth-order valence-corrected chi connectivity index (χ4v) is 4.52. The van der Waals surface area contributed by atoms with Crippen molar-refractivity contribution in [2.45, 2.75) is 32.4 Å². The normalized spacial score (nSPS) is 17.7. The maximum Gasteiger partial charge on any atom is 0.322 e. The van der Waals surface area contributed by atoms with Gasteiger partial charge in [0, 0.05) is 20.2 Å². The van der Waals surface area contributed by atoms with Gasteiger partial charge in [0.05, 0.1) is 30.5 Å². The summed E-state index contributed by atoms with van der Waals surface area (Å²) in [5, 5.41) is 5.80. The number of nitrogens with one attached hydrogen (secondary N) is 2. The maximum absolute atomic E-state index is 13.8. The number of carbonyl (C=O) groups is 3. The van der Waals surface area contributed by atoms with Crippen LogP contribution in [0.15, 0.2) is 65.9 Å². The Morgan fingerprint density at radius 2 is 1.83 bits per heavy atom. The van der Waals surface area contributed by atoms with Crippen LogP contribution in [0.1, 0.15) is 32.4 Å². The largest absolute Gasteiger partial charge is 0.457 e. The Kier molecular flexibility index (Phi) is 7.30. The monoisotopic (exact) mass is 492 g/mol. The number of ether oxygens (including phenoxy) is 2. The lowest BCUT2D eigenvalue weighted by molar-refractivity contribution is -0.141. The van der Waals surface area contributed by atoms with Gasteiger partial charge in [-0.25, -0.2) is 4.79 Å². The van der Waals surface area contributed by atoms with Crippen LogP contribution in [0, 0.1) is 0 Å². The average Bonchev–Trinajstić information content (AvgIpc) is 3.22. The molecule has 9 nitrogen and oxygen atoms in total. The van der Waals surface area contributed by atoms with Gasteiger partial charge >= 0.3 is 6.03 Å². The molecule has 0 radical (unpaired) electrons. The summed E-state index contributed by atoms with van der Waals surface area (Å²) in [5.41, 5.74) is 0.667. The molecule has 2 heterocycles. The molecule has 0 bridgehead atoms. The molecule has 2 aromatic carbocycles. The number of para-hydroxylation sites is 1. The molecule has 2 N–H and O–H groups in total. The minimum atomic E-state index is -1.13. The molecule has 4 rings (SSSR count). The third kappa shape index (κ3) is 4.79. The number of benzene rings is 2. The summed E-state index contributed by atoms with van der Waals surface area (Å²) in [6.45, 7) is 6.55. The number of methoxy groups -OCH3 is 1. The quantitative estimate of drug-likeness (QED) is 0.524. The molecule has 0 fully saturated rings. The third-order valence-electron chi connectivity index (χ3n) is 6.53. The minimum absolute atomic E-state index is 0.164. The second kappa shape index (κ2) is 10.4. The van der Waals surface area contributed by atoms with E-state index in [1.807, 2.05) is 61.5 Å². The first kappa shape index (κ1) is 25.2. The van der Waals surface area contributed by atoms with Gasteiger partial charge in [0.2, 0.25) is 5.91 Å². The van der Waals surface area contributed by atoms with E-state index in [1.54, 1.807) is 25.9 Å². The molecule has 9 heteroatoms. The topological polar surface area (TPSA) is 100 Å². The van der Waals surface area contributed by atoms with Crippen molar-refractivity contribution >= 4 is 17.8 Å². The Bertz CT molecular complexity index is 1180.